The number of nitrogens with two attached hydrogens (primary N) is 12. The van der Waals surface area contributed by atoms with Crippen molar-refractivity contribution in [2.75, 3.05) is 72.0 Å². The van der Waals surface area contributed by atoms with Crippen LogP contribution in [0.2, 0.25) is 0 Å². The Hall–Kier alpha value is -11.3. The van der Waals surface area contributed by atoms with Crippen LogP contribution >= 0.6 is 0 Å². The van der Waals surface area contributed by atoms with Crippen LogP contribution < -0.4 is 127 Å². The molecule has 0 radical (unpaired) electrons. The molecule has 107 heavy (non-hydrogen) atoms. The molecular weight excluding hydrogens is 1400 g/mol. The lowest BCUT2D eigenvalue weighted by Gasteiger charge is -2.34. The van der Waals surface area contributed by atoms with Gasteiger partial charge in [-0.15, -0.1) is 0 Å². The fraction of sp³-hybridized carbons (Fsp3) is 0.694. The molecule has 3 rings (SSSR count). The summed E-state index contributed by atoms with van der Waals surface area (Å²) >= 11 is 0. The van der Waals surface area contributed by atoms with E-state index in [4.69, 9.17) is 68.8 Å². The third kappa shape index (κ3) is 33.6. The largest absolute Gasteiger partial charge is 0.391 e. The third-order valence-electron chi connectivity index (χ3n) is 17.3. The van der Waals surface area contributed by atoms with Crippen LogP contribution in [0, 0.1) is 5.92 Å². The van der Waals surface area contributed by atoms with Gasteiger partial charge < -0.3 is 142 Å². The molecule has 0 unspecified atom stereocenters. The van der Waals surface area contributed by atoms with Crippen LogP contribution in [-0.2, 0) is 62.3 Å². The first-order valence-corrected chi connectivity index (χ1v) is 35.5. The van der Waals surface area contributed by atoms with Gasteiger partial charge in [0.2, 0.25) is 76.8 Å². The van der Waals surface area contributed by atoms with Gasteiger partial charge in [0.15, 0.2) is 35.8 Å². The lowest BCUT2D eigenvalue weighted by Crippen LogP contribution is -2.61. The van der Waals surface area contributed by atoms with Crippen molar-refractivity contribution >= 4 is 113 Å². The van der Waals surface area contributed by atoms with Crippen LogP contribution in [0.1, 0.15) is 130 Å². The maximum absolute atomic E-state index is 15.1. The molecule has 3 fully saturated rings. The highest BCUT2D eigenvalue weighted by atomic mass is 16.3. The number of fused-ring (bicyclic) bond motifs is 2. The van der Waals surface area contributed by atoms with Crippen molar-refractivity contribution < 1.29 is 67.4 Å². The molecule has 0 aromatic rings. The Morgan fingerprint density at radius 1 is 0.364 bits per heavy atom. The minimum atomic E-state index is -1.80. The number of nitrogens with one attached hydrogen (secondary N) is 11. The summed E-state index contributed by atoms with van der Waals surface area (Å²) in [6.45, 7) is 1.97. The van der Waals surface area contributed by atoms with E-state index in [0.29, 0.717) is 12.8 Å². The molecule has 3 heterocycles. The van der Waals surface area contributed by atoms with Gasteiger partial charge in [-0.2, -0.15) is 0 Å². The highest BCUT2D eigenvalue weighted by molar-refractivity contribution is 6.00. The number of aliphatic hydroxyl groups is 1. The maximum Gasteiger partial charge on any atom is 0.246 e. The van der Waals surface area contributed by atoms with Gasteiger partial charge in [-0.05, 0) is 116 Å². The summed E-state index contributed by atoms with van der Waals surface area (Å²) in [4.78, 5) is 212. The van der Waals surface area contributed by atoms with Gasteiger partial charge in [-0.3, -0.25) is 92.3 Å². The van der Waals surface area contributed by atoms with Crippen molar-refractivity contribution in [3.63, 3.8) is 0 Å². The molecule has 0 aromatic heterocycles. The molecule has 3 saturated heterocycles. The topological polar surface area (TPSA) is 767 Å². The molecule has 3 aliphatic heterocycles. The van der Waals surface area contributed by atoms with E-state index in [1.807, 2.05) is 0 Å². The third-order valence-corrected chi connectivity index (χ3v) is 17.3. The molecule has 13 amide bonds. The second-order valence-electron chi connectivity index (χ2n) is 25.9. The van der Waals surface area contributed by atoms with E-state index in [2.05, 4.69) is 88.4 Å². The van der Waals surface area contributed by atoms with Crippen molar-refractivity contribution in [2.24, 2.45) is 105 Å². The van der Waals surface area contributed by atoms with Crippen LogP contribution in [0.15, 0.2) is 30.0 Å². The van der Waals surface area contributed by atoms with E-state index in [9.17, 15) is 62.6 Å². The number of carbonyl (C=O) groups is 13. The van der Waals surface area contributed by atoms with Gasteiger partial charge >= 0.3 is 0 Å². The quantitative estimate of drug-likeness (QED) is 0.0206. The van der Waals surface area contributed by atoms with Gasteiger partial charge in [-0.1, -0.05) is 20.3 Å². The summed E-state index contributed by atoms with van der Waals surface area (Å²) in [5.74, 6) is -14.0. The fourth-order valence-electron chi connectivity index (χ4n) is 11.6. The van der Waals surface area contributed by atoms with Crippen LogP contribution in [0.3, 0.4) is 0 Å². The SMILES string of the molecule is CC[C@H](C)[C@@H]1NC(=O)[C@H](CCCN=C(N)N)NC(=O)[C@H](CCCN=C(N)N)NC(=O)CNC(=O)[C@H](CCCN=C(N)N)NC(=O)CNC(=O)[C@H](CCCN=C(N)N)NC(=O)[C@H]([C@@H](C)O)NC(=O)CNC(=O)[C@H](CCCN=C(N)N)NC(=O)[C@@H]2CCCN2C(=O)[C@H]2CCCN2C(=O)[C@H](CCCN=C(N)N)NC1=O. The van der Waals surface area contributed by atoms with E-state index in [-0.39, 0.29) is 184 Å². The molecule has 0 aromatic carbocycles. The molecule has 45 nitrogen and oxygen atoms in total. The van der Waals surface area contributed by atoms with Crippen LogP contribution in [0.5, 0.6) is 0 Å². The monoisotopic (exact) mass is 1520 g/mol. The average molecular weight is 1520 g/mol. The normalized spacial score (nSPS) is 24.0. The van der Waals surface area contributed by atoms with E-state index < -0.39 is 169 Å². The molecule has 0 spiro atoms. The minimum Gasteiger partial charge on any atom is -0.391 e. The fourth-order valence-corrected chi connectivity index (χ4v) is 11.6. The molecule has 45 heteroatoms. The second kappa shape index (κ2) is 47.2. The number of hydrogen-bond donors (Lipinski definition) is 24. The number of aliphatic hydroxyl groups excluding tert-OH is 1. The molecular formula is C62H113N31O14. The van der Waals surface area contributed by atoms with Gasteiger partial charge in [0.1, 0.15) is 60.4 Å². The summed E-state index contributed by atoms with van der Waals surface area (Å²) in [6, 6.07) is -14.3. The van der Waals surface area contributed by atoms with E-state index in [1.165, 1.54) is 9.80 Å². The smallest absolute Gasteiger partial charge is 0.246 e. The van der Waals surface area contributed by atoms with Gasteiger partial charge in [0.25, 0.3) is 0 Å². The first kappa shape index (κ1) is 89.9. The lowest BCUT2D eigenvalue weighted by atomic mass is 9.96. The Morgan fingerprint density at radius 2 is 0.654 bits per heavy atom. The first-order valence-electron chi connectivity index (χ1n) is 35.5. The summed E-state index contributed by atoms with van der Waals surface area (Å²) in [5.41, 5.74) is 66.7. The zero-order valence-corrected chi connectivity index (χ0v) is 61.0. The highest BCUT2D eigenvalue weighted by Gasteiger charge is 2.45. The number of carbonyl (C=O) groups excluding carboxylic acids is 13. The van der Waals surface area contributed by atoms with Crippen LogP contribution in [0.4, 0.5) is 0 Å². The molecule has 0 bridgehead atoms. The summed E-state index contributed by atoms with van der Waals surface area (Å²) < 4.78 is 0. The number of rotatable bonds is 27. The van der Waals surface area contributed by atoms with Gasteiger partial charge in [-0.25, -0.2) is 0 Å². The van der Waals surface area contributed by atoms with E-state index in [0.717, 1.165) is 6.92 Å². The van der Waals surface area contributed by atoms with E-state index >= 15 is 4.79 Å². The van der Waals surface area contributed by atoms with Crippen LogP contribution in [0.25, 0.3) is 0 Å². The Balaban J connectivity index is 2.23. The van der Waals surface area contributed by atoms with Crippen molar-refractivity contribution in [1.82, 2.24) is 68.3 Å². The van der Waals surface area contributed by atoms with Gasteiger partial charge in [0.05, 0.1) is 25.7 Å². The molecule has 36 N–H and O–H groups in total. The van der Waals surface area contributed by atoms with Crippen molar-refractivity contribution in [3.05, 3.63) is 0 Å². The minimum absolute atomic E-state index is 0.00509. The predicted octanol–water partition coefficient (Wildman–Crippen LogP) is -12.0. The Bertz CT molecular complexity index is 3220. The van der Waals surface area contributed by atoms with E-state index in [1.54, 1.807) is 13.8 Å². The number of hydrogen-bond acceptors (Lipinski definition) is 20. The summed E-state index contributed by atoms with van der Waals surface area (Å²) in [6.07, 6.45) is -0.942. The van der Waals surface area contributed by atoms with Crippen molar-refractivity contribution in [2.45, 2.75) is 196 Å². The highest BCUT2D eigenvalue weighted by Crippen LogP contribution is 2.27. The van der Waals surface area contributed by atoms with Crippen molar-refractivity contribution in [3.8, 4) is 0 Å². The number of amides is 13. The lowest BCUT2D eigenvalue weighted by molar-refractivity contribution is -0.148. The van der Waals surface area contributed by atoms with Crippen LogP contribution in [-0.4, -0.2) is 266 Å². The molecule has 12 atom stereocenters. The number of guanidine groups is 6. The Morgan fingerprint density at radius 3 is 1.03 bits per heavy atom. The Kier molecular flexibility index (Phi) is 39.7. The van der Waals surface area contributed by atoms with Gasteiger partial charge in [0, 0.05) is 52.4 Å². The Labute approximate surface area is 619 Å². The van der Waals surface area contributed by atoms with Crippen molar-refractivity contribution in [1.29, 1.82) is 0 Å². The second-order valence-corrected chi connectivity index (χ2v) is 25.9. The molecule has 0 aliphatic carbocycles. The maximum atomic E-state index is 15.1. The average Bonchev–Trinajstić information content (AvgIpc) is 1.68. The first-order chi connectivity index (χ1) is 50.6. The molecule has 0 saturated carbocycles. The number of nitrogens with zero attached hydrogens (tertiary/aromatic N) is 8. The standard InChI is InChI=1S/C62H113N31O14/c1-4-32(2)45-53(104)89-39(18-10-26-80-62(73)74)55(106)93-28-12-20-41(93)56(107)92-27-11-19-40(92)52(103)87-35(14-6-22-76-58(65)66)48(99)83-31-44(97)90-46(33(3)94)54(105)88-36(15-7-23-77-59(67)68)49(100)82-29-42(95)84-34(13-5-21-75-57(63)64)47(98)81-30-43(96)85-37(16-8-24-78-60(69)70)50(101)86-38(51(102)91-45)17-9-25-79-61(71)72/h32-41,45-46,94H,4-31H2,1-3H3,(H,81,98)(H,82,100)(H,83,99)(H,84,95)(H,85,96)(H,86,101)(H,87,103)(H,88,105)(H,89,104)(H,90,97)(H,91,102)(H4,63,64,75)(H4,65,66,76)(H4,67,68,77)(H4,69,70,78)(H4,71,72,79)(H4,73,74,80)/t32-,33+,34-,35-,36-,37-,38-,39-,40-,41+,45-,46-/m0/s1. The number of aliphatic imine (C=N–C) groups is 6. The summed E-state index contributed by atoms with van der Waals surface area (Å²) in [7, 11) is 0. The summed E-state index contributed by atoms with van der Waals surface area (Å²) in [5, 5.41) is 38.7. The molecule has 600 valence electrons. The zero-order chi connectivity index (χ0) is 79.9. The molecule has 3 aliphatic rings. The predicted molar refractivity (Wildman–Crippen MR) is 395 cm³/mol. The zero-order valence-electron chi connectivity index (χ0n) is 61.0.